The van der Waals surface area contributed by atoms with Crippen LogP contribution in [0.25, 0.3) is 11.3 Å². The summed E-state index contributed by atoms with van der Waals surface area (Å²) >= 11 is 2.19. The molecular weight excluding hydrogens is 355 g/mol. The molecule has 0 unspecified atom stereocenters. The van der Waals surface area contributed by atoms with E-state index in [1.54, 1.807) is 12.3 Å². The first kappa shape index (κ1) is 12.4. The van der Waals surface area contributed by atoms with Gasteiger partial charge in [0.15, 0.2) is 0 Å². The van der Waals surface area contributed by atoms with Gasteiger partial charge in [-0.25, -0.2) is 18.4 Å². The van der Waals surface area contributed by atoms with Crippen LogP contribution in [0.15, 0.2) is 23.6 Å². The Balaban J connectivity index is 2.55. The summed E-state index contributed by atoms with van der Waals surface area (Å²) in [5, 5.41) is 6.60. The summed E-state index contributed by atoms with van der Waals surface area (Å²) in [5.41, 5.74) is 2.26. The Bertz CT molecular complexity index is 638. The van der Waals surface area contributed by atoms with Gasteiger partial charge in [0.1, 0.15) is 0 Å². The third-order valence-corrected chi connectivity index (χ3v) is 3.72. The maximum absolute atomic E-state index is 11.4. The number of nitrogens with one attached hydrogen (secondary N) is 1. The van der Waals surface area contributed by atoms with E-state index in [2.05, 4.69) is 42.8 Å². The molecule has 2 heterocycles. The van der Waals surface area contributed by atoms with Crippen LogP contribution >= 0.6 is 22.6 Å². The molecule has 0 fully saturated rings. The number of rotatable bonds is 3. The number of alkyl halides is 1. The van der Waals surface area contributed by atoms with Crippen molar-refractivity contribution in [3.05, 3.63) is 24.2 Å². The number of sulfone groups is 1. The van der Waals surface area contributed by atoms with Crippen LogP contribution in [-0.2, 0) is 14.3 Å². The van der Waals surface area contributed by atoms with Crippen molar-refractivity contribution in [3.63, 3.8) is 0 Å². The molecule has 1 N–H and O–H groups in total. The normalized spacial score (nSPS) is 11.6. The standard InChI is InChI=1S/C9H9IN4O2S/c1-17(15,16)9-11-3-2-7(13-9)6-5-12-14-8(6)4-10/h2-3,5H,4H2,1H3,(H,12,14). The quantitative estimate of drug-likeness (QED) is 0.502. The fourth-order valence-electron chi connectivity index (χ4n) is 1.30. The van der Waals surface area contributed by atoms with E-state index in [1.807, 2.05) is 0 Å². The third-order valence-electron chi connectivity index (χ3n) is 2.09. The lowest BCUT2D eigenvalue weighted by molar-refractivity contribution is 0.593. The lowest BCUT2D eigenvalue weighted by Gasteiger charge is -2.01. The van der Waals surface area contributed by atoms with Crippen molar-refractivity contribution >= 4 is 32.4 Å². The molecule has 0 bridgehead atoms. The molecule has 0 aliphatic heterocycles. The topological polar surface area (TPSA) is 88.6 Å². The zero-order valence-corrected chi connectivity index (χ0v) is 11.9. The van der Waals surface area contributed by atoms with Crippen molar-refractivity contribution in [2.75, 3.05) is 6.26 Å². The van der Waals surface area contributed by atoms with E-state index in [9.17, 15) is 8.42 Å². The highest BCUT2D eigenvalue weighted by molar-refractivity contribution is 14.1. The molecule has 17 heavy (non-hydrogen) atoms. The van der Waals surface area contributed by atoms with Crippen LogP contribution in [0.4, 0.5) is 0 Å². The minimum atomic E-state index is -3.39. The monoisotopic (exact) mass is 364 g/mol. The average Bonchev–Trinajstić information content (AvgIpc) is 2.76. The first-order chi connectivity index (χ1) is 8.02. The van der Waals surface area contributed by atoms with E-state index in [1.165, 1.54) is 6.20 Å². The minimum absolute atomic E-state index is 0.171. The predicted molar refractivity (Wildman–Crippen MR) is 70.4 cm³/mol. The number of aromatic amines is 1. The number of H-pyrrole nitrogens is 1. The molecule has 0 aromatic carbocycles. The van der Waals surface area contributed by atoms with Crippen LogP contribution in [0.5, 0.6) is 0 Å². The summed E-state index contributed by atoms with van der Waals surface area (Å²) in [6.45, 7) is 0. The zero-order chi connectivity index (χ0) is 12.5. The third kappa shape index (κ3) is 2.63. The van der Waals surface area contributed by atoms with Gasteiger partial charge >= 0.3 is 0 Å². The zero-order valence-electron chi connectivity index (χ0n) is 8.88. The molecule has 0 aliphatic rings. The second kappa shape index (κ2) is 4.69. The summed E-state index contributed by atoms with van der Waals surface area (Å²) < 4.78 is 23.5. The Hall–Kier alpha value is -1.03. The van der Waals surface area contributed by atoms with Gasteiger partial charge in [-0.3, -0.25) is 5.10 Å². The fourth-order valence-corrected chi connectivity index (χ4v) is 2.40. The molecule has 0 radical (unpaired) electrons. The van der Waals surface area contributed by atoms with Crippen LogP contribution in [0.2, 0.25) is 0 Å². The van der Waals surface area contributed by atoms with Crippen LogP contribution in [0.3, 0.4) is 0 Å². The molecule has 90 valence electrons. The largest absolute Gasteiger partial charge is 0.281 e. The highest BCUT2D eigenvalue weighted by Crippen LogP contribution is 2.22. The fraction of sp³-hybridized carbons (Fsp3) is 0.222. The lowest BCUT2D eigenvalue weighted by atomic mass is 10.2. The molecule has 2 aromatic heterocycles. The van der Waals surface area contributed by atoms with Crippen molar-refractivity contribution in [1.29, 1.82) is 0 Å². The molecule has 0 spiro atoms. The highest BCUT2D eigenvalue weighted by atomic mass is 127. The van der Waals surface area contributed by atoms with E-state index < -0.39 is 9.84 Å². The van der Waals surface area contributed by atoms with Gasteiger partial charge in [-0.2, -0.15) is 5.10 Å². The summed E-state index contributed by atoms with van der Waals surface area (Å²) in [6, 6.07) is 1.66. The van der Waals surface area contributed by atoms with Gasteiger partial charge in [-0.05, 0) is 6.07 Å². The molecular formula is C9H9IN4O2S. The van der Waals surface area contributed by atoms with Gasteiger partial charge in [0.05, 0.1) is 17.6 Å². The smallest absolute Gasteiger partial charge is 0.247 e. The molecule has 6 nitrogen and oxygen atoms in total. The predicted octanol–water partition coefficient (Wildman–Crippen LogP) is 1.21. The number of hydrogen-bond donors (Lipinski definition) is 1. The number of halogens is 1. The molecule has 0 saturated carbocycles. The Morgan fingerprint density at radius 1 is 1.47 bits per heavy atom. The molecule has 0 saturated heterocycles. The van der Waals surface area contributed by atoms with Gasteiger partial charge in [0.2, 0.25) is 15.0 Å². The number of hydrogen-bond acceptors (Lipinski definition) is 5. The molecule has 2 rings (SSSR count). The van der Waals surface area contributed by atoms with E-state index in [-0.39, 0.29) is 5.16 Å². The Morgan fingerprint density at radius 2 is 2.24 bits per heavy atom. The maximum Gasteiger partial charge on any atom is 0.247 e. The van der Waals surface area contributed by atoms with Crippen LogP contribution in [0.1, 0.15) is 5.69 Å². The minimum Gasteiger partial charge on any atom is -0.281 e. The SMILES string of the molecule is CS(=O)(=O)c1nccc(-c2cn[nH]c2CI)n1. The molecule has 0 aliphatic carbocycles. The number of aromatic nitrogens is 4. The average molecular weight is 364 g/mol. The van der Waals surface area contributed by atoms with Gasteiger partial charge < -0.3 is 0 Å². The first-order valence-electron chi connectivity index (χ1n) is 4.64. The van der Waals surface area contributed by atoms with Crippen molar-refractivity contribution in [3.8, 4) is 11.3 Å². The van der Waals surface area contributed by atoms with Crippen molar-refractivity contribution < 1.29 is 8.42 Å². The molecule has 2 aromatic rings. The maximum atomic E-state index is 11.4. The van der Waals surface area contributed by atoms with Crippen molar-refractivity contribution in [1.82, 2.24) is 20.2 Å². The van der Waals surface area contributed by atoms with Crippen LogP contribution in [-0.4, -0.2) is 34.8 Å². The van der Waals surface area contributed by atoms with E-state index in [0.29, 0.717) is 5.69 Å². The molecule has 0 amide bonds. The highest BCUT2D eigenvalue weighted by Gasteiger charge is 2.14. The molecule has 8 heteroatoms. The molecule has 0 atom stereocenters. The van der Waals surface area contributed by atoms with Gasteiger partial charge in [0.25, 0.3) is 0 Å². The summed E-state index contributed by atoms with van der Waals surface area (Å²) in [6.07, 6.45) is 4.14. The van der Waals surface area contributed by atoms with E-state index in [4.69, 9.17) is 0 Å². The van der Waals surface area contributed by atoms with Gasteiger partial charge in [-0.15, -0.1) is 0 Å². The van der Waals surface area contributed by atoms with E-state index in [0.717, 1.165) is 21.9 Å². The lowest BCUT2D eigenvalue weighted by Crippen LogP contribution is -2.04. The van der Waals surface area contributed by atoms with Crippen LogP contribution in [0, 0.1) is 0 Å². The van der Waals surface area contributed by atoms with Gasteiger partial charge in [0, 0.05) is 22.4 Å². The summed E-state index contributed by atoms with van der Waals surface area (Å²) in [4.78, 5) is 7.78. The first-order valence-corrected chi connectivity index (χ1v) is 8.06. The second-order valence-corrected chi connectivity index (χ2v) is 6.06. The Labute approximate surface area is 112 Å². The Kier molecular flexibility index (Phi) is 3.43. The van der Waals surface area contributed by atoms with Crippen molar-refractivity contribution in [2.24, 2.45) is 0 Å². The van der Waals surface area contributed by atoms with E-state index >= 15 is 0 Å². The van der Waals surface area contributed by atoms with Gasteiger partial charge in [-0.1, -0.05) is 22.6 Å². The Morgan fingerprint density at radius 3 is 2.88 bits per heavy atom. The second-order valence-electron chi connectivity index (χ2n) is 3.39. The van der Waals surface area contributed by atoms with Crippen LogP contribution < -0.4 is 0 Å². The number of nitrogens with zero attached hydrogens (tertiary/aromatic N) is 3. The summed E-state index contributed by atoms with van der Waals surface area (Å²) in [7, 11) is -3.39. The summed E-state index contributed by atoms with van der Waals surface area (Å²) in [5.74, 6) is 0. The van der Waals surface area contributed by atoms with Crippen molar-refractivity contribution in [2.45, 2.75) is 9.58 Å².